The van der Waals surface area contributed by atoms with Crippen LogP contribution in [0.3, 0.4) is 0 Å². The molecular weight excluding hydrogens is 638 g/mol. The molecule has 1 aliphatic heterocycles. The number of nitrogens with zero attached hydrogens (tertiary/aromatic N) is 2. The van der Waals surface area contributed by atoms with Crippen molar-refractivity contribution in [3.63, 3.8) is 0 Å². The van der Waals surface area contributed by atoms with Gasteiger partial charge in [-0.05, 0) is 94.4 Å². The molecule has 2 amide bonds. The smallest absolute Gasteiger partial charge is 0.412 e. The third-order valence-corrected chi connectivity index (χ3v) is 10.5. The van der Waals surface area contributed by atoms with Gasteiger partial charge in [-0.2, -0.15) is 0 Å². The lowest BCUT2D eigenvalue weighted by atomic mass is 9.55. The van der Waals surface area contributed by atoms with Crippen LogP contribution in [0.5, 0.6) is 11.5 Å². The lowest BCUT2D eigenvalue weighted by Crippen LogP contribution is -2.70. The first-order chi connectivity index (χ1) is 24.4. The zero-order valence-electron chi connectivity index (χ0n) is 30.1. The van der Waals surface area contributed by atoms with E-state index in [1.807, 2.05) is 30.9 Å². The van der Waals surface area contributed by atoms with Crippen molar-refractivity contribution in [2.24, 2.45) is 28.8 Å². The maximum atomic E-state index is 14.1. The summed E-state index contributed by atoms with van der Waals surface area (Å²) in [5, 5.41) is 27.0. The normalized spacial score (nSPS) is 27.3. The maximum absolute atomic E-state index is 14.1. The second kappa shape index (κ2) is 17.7. The molecule has 5 rings (SSSR count). The number of carbonyl (C=O) groups is 2. The molecule has 6 unspecified atom stereocenters. The van der Waals surface area contributed by atoms with E-state index < -0.39 is 17.9 Å². The number of aliphatic hydroxyl groups excluding tert-OH is 2. The monoisotopic (exact) mass is 695 g/mol. The molecule has 11 heteroatoms. The highest BCUT2D eigenvalue weighted by Gasteiger charge is 2.65. The Bertz CT molecular complexity index is 1390. The Morgan fingerprint density at radius 3 is 2.54 bits per heavy atom. The summed E-state index contributed by atoms with van der Waals surface area (Å²) in [5.41, 5.74) is 2.69. The minimum Gasteiger partial charge on any atom is -0.459 e. The zero-order chi connectivity index (χ0) is 35.7. The summed E-state index contributed by atoms with van der Waals surface area (Å²) in [7, 11) is 0. The van der Waals surface area contributed by atoms with Gasteiger partial charge in [-0.15, -0.1) is 6.58 Å². The first-order valence-electron chi connectivity index (χ1n) is 18.8. The van der Waals surface area contributed by atoms with Crippen LogP contribution in [0, 0.1) is 23.7 Å². The number of hydrogen-bond acceptors (Lipinski definition) is 9. The van der Waals surface area contributed by atoms with Crippen LogP contribution >= 0.6 is 0 Å². The second-order valence-corrected chi connectivity index (χ2v) is 13.9. The summed E-state index contributed by atoms with van der Waals surface area (Å²) in [6.45, 7) is 11.7. The van der Waals surface area contributed by atoms with E-state index in [1.54, 1.807) is 12.1 Å². The highest BCUT2D eigenvalue weighted by molar-refractivity contribution is 6.03. The van der Waals surface area contributed by atoms with E-state index in [-0.39, 0.29) is 55.3 Å². The van der Waals surface area contributed by atoms with Crippen molar-refractivity contribution in [1.82, 2.24) is 10.2 Å². The number of hydrogen-bond donors (Lipinski definition) is 3. The molecule has 1 heterocycles. The number of allylic oxidation sites excluding steroid dienone is 1. The number of ether oxygens (including phenoxy) is 3. The average Bonchev–Trinajstić information content (AvgIpc) is 3.96. The molecule has 50 heavy (non-hydrogen) atoms. The molecule has 0 radical (unpaired) electrons. The zero-order valence-corrected chi connectivity index (χ0v) is 30.1. The van der Waals surface area contributed by atoms with Crippen LogP contribution in [0.1, 0.15) is 96.5 Å². The number of nitrogens with one attached hydrogen (secondary N) is 1. The molecule has 2 saturated carbocycles. The van der Waals surface area contributed by atoms with Gasteiger partial charge in [0, 0.05) is 50.1 Å². The fourth-order valence-electron chi connectivity index (χ4n) is 8.37. The standard InChI is InChI=1S/C39H57N3O8/c1-5-19-42(37(45)26-15-16-26)34-25-32(41-48-8-4)30-23-27(13-9-11-20-43)29(14-10-12-21-44)35-31-24-28(49-38(46)40-7-3)17-18-33(31)50-39(34,36(30)35)47-22-6-2/h6,17-18,23-24,26-27,29,34-36,43-44H,2,5,7-16,19-22,25H2,1,3-4H3,(H,40,46). The number of carbonyl (C=O) groups excluding carboxylic acids is 2. The molecule has 4 aliphatic rings. The van der Waals surface area contributed by atoms with Crippen molar-refractivity contribution in [3.8, 4) is 11.5 Å². The number of fused-ring (bicyclic) bond motifs is 2. The second-order valence-electron chi connectivity index (χ2n) is 13.9. The SMILES string of the molecule is C=CCOC12Oc3ccc(OC(=O)NCC)cc3C3C(CCCCO)C(CCCCO)C=C(C(=NOCC)CC1N(CCC)C(=O)C1CC1)C32. The Morgan fingerprint density at radius 2 is 1.88 bits per heavy atom. The summed E-state index contributed by atoms with van der Waals surface area (Å²) in [5.74, 6) is -0.453. The van der Waals surface area contributed by atoms with Crippen molar-refractivity contribution in [1.29, 1.82) is 0 Å². The van der Waals surface area contributed by atoms with E-state index in [4.69, 9.17) is 24.2 Å². The summed E-state index contributed by atoms with van der Waals surface area (Å²) in [6, 6.07) is 5.02. The predicted octanol–water partition coefficient (Wildman–Crippen LogP) is 6.10. The average molecular weight is 696 g/mol. The minimum absolute atomic E-state index is 0.00337. The molecule has 0 saturated heterocycles. The van der Waals surface area contributed by atoms with Crippen LogP contribution in [-0.2, 0) is 14.4 Å². The van der Waals surface area contributed by atoms with Crippen molar-refractivity contribution in [3.05, 3.63) is 48.1 Å². The molecule has 0 aromatic heterocycles. The van der Waals surface area contributed by atoms with Crippen molar-refractivity contribution in [2.45, 2.75) is 103 Å². The van der Waals surface area contributed by atoms with Gasteiger partial charge < -0.3 is 39.5 Å². The van der Waals surface area contributed by atoms with Crippen LogP contribution < -0.4 is 14.8 Å². The number of unbranched alkanes of at least 4 members (excludes halogenated alkanes) is 2. The van der Waals surface area contributed by atoms with Gasteiger partial charge in [0.05, 0.1) is 18.2 Å². The number of rotatable bonds is 19. The molecule has 3 N–H and O–H groups in total. The highest BCUT2D eigenvalue weighted by Crippen LogP contribution is 2.62. The Hall–Kier alpha value is -3.41. The van der Waals surface area contributed by atoms with Crippen LogP contribution in [0.25, 0.3) is 0 Å². The Labute approximate surface area is 297 Å². The maximum Gasteiger partial charge on any atom is 0.412 e. The molecule has 2 fully saturated rings. The molecule has 0 spiro atoms. The molecule has 0 bridgehead atoms. The van der Waals surface area contributed by atoms with Crippen molar-refractivity contribution >= 4 is 17.7 Å². The quantitative estimate of drug-likeness (QED) is 0.0897. The summed E-state index contributed by atoms with van der Waals surface area (Å²) in [6.07, 6.45) is 11.2. The van der Waals surface area contributed by atoms with Crippen LogP contribution in [0.15, 0.2) is 47.7 Å². The highest BCUT2D eigenvalue weighted by atomic mass is 16.7. The van der Waals surface area contributed by atoms with Gasteiger partial charge in [0.25, 0.3) is 0 Å². The van der Waals surface area contributed by atoms with Gasteiger partial charge in [-0.1, -0.05) is 37.1 Å². The van der Waals surface area contributed by atoms with Crippen LogP contribution in [0.4, 0.5) is 4.79 Å². The predicted molar refractivity (Wildman–Crippen MR) is 191 cm³/mol. The van der Waals surface area contributed by atoms with Gasteiger partial charge in [0.1, 0.15) is 24.1 Å². The molecule has 1 aromatic rings. The molecular formula is C39H57N3O8. The van der Waals surface area contributed by atoms with E-state index >= 15 is 0 Å². The van der Waals surface area contributed by atoms with E-state index in [1.165, 1.54) is 0 Å². The summed E-state index contributed by atoms with van der Waals surface area (Å²) >= 11 is 0. The van der Waals surface area contributed by atoms with Crippen molar-refractivity contribution < 1.29 is 38.9 Å². The minimum atomic E-state index is -1.27. The molecule has 3 aliphatic carbocycles. The molecule has 1 aromatic carbocycles. The van der Waals surface area contributed by atoms with Gasteiger partial charge in [-0.3, -0.25) is 4.79 Å². The van der Waals surface area contributed by atoms with Gasteiger partial charge in [0.15, 0.2) is 0 Å². The lowest BCUT2D eigenvalue weighted by molar-refractivity contribution is -0.257. The topological polar surface area (TPSA) is 139 Å². The Morgan fingerprint density at radius 1 is 1.12 bits per heavy atom. The third-order valence-electron chi connectivity index (χ3n) is 10.5. The summed E-state index contributed by atoms with van der Waals surface area (Å²) in [4.78, 5) is 34.5. The van der Waals surface area contributed by atoms with E-state index in [0.717, 1.165) is 61.8 Å². The number of oxime groups is 1. The Kier molecular flexibility index (Phi) is 13.4. The molecule has 276 valence electrons. The fraction of sp³-hybridized carbons (Fsp3) is 0.667. The number of benzene rings is 1. The third kappa shape index (κ3) is 8.05. The molecule has 6 atom stereocenters. The van der Waals surface area contributed by atoms with Crippen LogP contribution in [0.2, 0.25) is 0 Å². The largest absolute Gasteiger partial charge is 0.459 e. The number of aliphatic hydroxyl groups is 2. The van der Waals surface area contributed by atoms with Crippen molar-refractivity contribution in [2.75, 3.05) is 39.5 Å². The Balaban J connectivity index is 1.76. The van der Waals surface area contributed by atoms with Gasteiger partial charge in [-0.25, -0.2) is 4.79 Å². The van der Waals surface area contributed by atoms with Crippen LogP contribution in [-0.4, -0.2) is 84.2 Å². The fourth-order valence-corrected chi connectivity index (χ4v) is 8.37. The number of amides is 2. The van der Waals surface area contributed by atoms with Gasteiger partial charge in [0.2, 0.25) is 11.7 Å². The summed E-state index contributed by atoms with van der Waals surface area (Å²) < 4.78 is 19.9. The first-order valence-corrected chi connectivity index (χ1v) is 18.8. The van der Waals surface area contributed by atoms with E-state index in [9.17, 15) is 19.8 Å². The molecule has 11 nitrogen and oxygen atoms in total. The van der Waals surface area contributed by atoms with E-state index in [2.05, 4.69) is 24.9 Å². The van der Waals surface area contributed by atoms with Gasteiger partial charge >= 0.3 is 6.09 Å². The lowest BCUT2D eigenvalue weighted by Gasteiger charge is -2.60. The first kappa shape index (κ1) is 37.8. The van der Waals surface area contributed by atoms with E-state index in [0.29, 0.717) is 50.5 Å².